The van der Waals surface area contributed by atoms with Crippen molar-refractivity contribution in [3.05, 3.63) is 217 Å². The molecule has 12 aromatic carbocycles. The Bertz CT molecular complexity index is 3950. The van der Waals surface area contributed by atoms with Gasteiger partial charge < -0.3 is 0 Å². The number of aryl methyl sites for hydroxylation is 2. The molecule has 64 heavy (non-hydrogen) atoms. The van der Waals surface area contributed by atoms with Crippen molar-refractivity contribution in [2.24, 2.45) is 0 Å². The van der Waals surface area contributed by atoms with Gasteiger partial charge in [0.2, 0.25) is 0 Å². The Labute approximate surface area is 372 Å². The van der Waals surface area contributed by atoms with Gasteiger partial charge in [-0.2, -0.15) is 0 Å². The minimum Gasteiger partial charge on any atom is -0.0622 e. The molecule has 0 fully saturated rings. The zero-order valence-corrected chi connectivity index (χ0v) is 35.6. The fourth-order valence-electron chi connectivity index (χ4n) is 12.0. The normalized spacial score (nSPS) is 12.2. The van der Waals surface area contributed by atoms with Crippen LogP contribution in [0.4, 0.5) is 0 Å². The Kier molecular flexibility index (Phi) is 7.34. The molecule has 0 unspecified atom stereocenters. The topological polar surface area (TPSA) is 0 Å². The van der Waals surface area contributed by atoms with E-state index in [0.717, 1.165) is 0 Å². The molecule has 0 saturated carbocycles. The molecule has 0 atom stereocenters. The quantitative estimate of drug-likeness (QED) is 0.155. The average Bonchev–Trinajstić information content (AvgIpc) is 3.85. The van der Waals surface area contributed by atoms with Crippen molar-refractivity contribution in [2.45, 2.75) is 13.8 Å². The molecule has 0 N–H and O–H groups in total. The summed E-state index contributed by atoms with van der Waals surface area (Å²) >= 11 is 0. The van der Waals surface area contributed by atoms with Crippen LogP contribution in [0.1, 0.15) is 11.1 Å². The van der Waals surface area contributed by atoms with Crippen LogP contribution in [0.3, 0.4) is 0 Å². The lowest BCUT2D eigenvalue weighted by molar-refractivity contribution is 1.38. The zero-order chi connectivity index (χ0) is 42.2. The van der Waals surface area contributed by atoms with Crippen molar-refractivity contribution in [3.8, 4) is 89.0 Å². The first-order valence-corrected chi connectivity index (χ1v) is 22.5. The van der Waals surface area contributed by atoms with E-state index in [1.165, 1.54) is 154 Å². The highest BCUT2D eigenvalue weighted by Gasteiger charge is 2.32. The molecule has 0 saturated heterocycles. The third-order valence-corrected chi connectivity index (χ3v) is 14.6. The lowest BCUT2D eigenvalue weighted by Crippen LogP contribution is -1.95. The highest BCUT2D eigenvalue weighted by Crippen LogP contribution is 2.60. The second-order valence-electron chi connectivity index (χ2n) is 17.9. The van der Waals surface area contributed by atoms with Crippen LogP contribution < -0.4 is 0 Å². The first kappa shape index (κ1) is 35.5. The molecule has 0 heterocycles. The maximum Gasteiger partial charge on any atom is -0.000719 e. The van der Waals surface area contributed by atoms with Gasteiger partial charge >= 0.3 is 0 Å². The van der Waals surface area contributed by atoms with E-state index in [0.29, 0.717) is 0 Å². The van der Waals surface area contributed by atoms with Gasteiger partial charge in [0, 0.05) is 0 Å². The van der Waals surface area contributed by atoms with Crippen LogP contribution in [-0.2, 0) is 0 Å². The van der Waals surface area contributed by atoms with E-state index in [4.69, 9.17) is 0 Å². The predicted octanol–water partition coefficient (Wildman–Crippen LogP) is 18.0. The van der Waals surface area contributed by atoms with Crippen LogP contribution in [0.5, 0.6) is 0 Å². The standard InChI is InChI=1S/C64H40/c1-37-16-13-17-38(2)58(37)41-30-31-51-56(34-41)60(40-20-7-4-8-21-40)63-52-29-15-28-49-55-35-53(46-32-33-50-43-23-10-9-22-42(43)47-26-14-27-48(46)61(47)50)44-24-11-12-25-45(44)54(55)36-57(62(49)52)64(63)59(51)39-18-5-3-6-19-39/h3-36H,1-2H3. The van der Waals surface area contributed by atoms with E-state index < -0.39 is 0 Å². The summed E-state index contributed by atoms with van der Waals surface area (Å²) in [6.45, 7) is 4.48. The number of benzene rings is 12. The highest BCUT2D eigenvalue weighted by molar-refractivity contribution is 6.34. The van der Waals surface area contributed by atoms with Crippen LogP contribution >= 0.6 is 0 Å². The summed E-state index contributed by atoms with van der Waals surface area (Å²) in [6, 6.07) is 77.9. The van der Waals surface area contributed by atoms with Gasteiger partial charge in [0.1, 0.15) is 0 Å². The fraction of sp³-hybridized carbons (Fsp3) is 0.0312. The van der Waals surface area contributed by atoms with Crippen molar-refractivity contribution >= 4 is 53.9 Å². The van der Waals surface area contributed by atoms with Gasteiger partial charge in [0.25, 0.3) is 0 Å². The molecule has 296 valence electrons. The van der Waals surface area contributed by atoms with E-state index >= 15 is 0 Å². The molecular weight excluding hydrogens is 769 g/mol. The zero-order valence-electron chi connectivity index (χ0n) is 35.6. The molecular formula is C64H40. The van der Waals surface area contributed by atoms with Crippen molar-refractivity contribution in [1.82, 2.24) is 0 Å². The van der Waals surface area contributed by atoms with Crippen LogP contribution in [0.2, 0.25) is 0 Å². The smallest absolute Gasteiger partial charge is 0.000719 e. The Morgan fingerprint density at radius 2 is 0.703 bits per heavy atom. The Balaban J connectivity index is 1.12. The van der Waals surface area contributed by atoms with Crippen LogP contribution in [0.25, 0.3) is 143 Å². The van der Waals surface area contributed by atoms with E-state index in [9.17, 15) is 0 Å². The molecule has 0 spiro atoms. The molecule has 14 rings (SSSR count). The molecule has 2 aliphatic rings. The first-order valence-electron chi connectivity index (χ1n) is 22.5. The van der Waals surface area contributed by atoms with Gasteiger partial charge in [-0.1, -0.05) is 188 Å². The summed E-state index contributed by atoms with van der Waals surface area (Å²) in [5.74, 6) is 0. The molecule has 2 aliphatic carbocycles. The highest BCUT2D eigenvalue weighted by atomic mass is 14.3. The third-order valence-electron chi connectivity index (χ3n) is 14.6. The molecule has 12 aromatic rings. The van der Waals surface area contributed by atoms with E-state index in [1.54, 1.807) is 0 Å². The lowest BCUT2D eigenvalue weighted by atomic mass is 9.81. The molecule has 0 aliphatic heterocycles. The Hall–Kier alpha value is -8.06. The molecule has 0 bridgehead atoms. The second kappa shape index (κ2) is 13.2. The monoisotopic (exact) mass is 808 g/mol. The summed E-state index contributed by atoms with van der Waals surface area (Å²) in [5.41, 5.74) is 23.3. The molecule has 0 radical (unpaired) electrons. The van der Waals surface area contributed by atoms with Gasteiger partial charge in [-0.3, -0.25) is 0 Å². The van der Waals surface area contributed by atoms with Gasteiger partial charge in [0.05, 0.1) is 0 Å². The van der Waals surface area contributed by atoms with E-state index in [1.807, 2.05) is 0 Å². The molecule has 0 amide bonds. The van der Waals surface area contributed by atoms with Gasteiger partial charge in [0.15, 0.2) is 0 Å². The lowest BCUT2D eigenvalue weighted by Gasteiger charge is -2.22. The summed E-state index contributed by atoms with van der Waals surface area (Å²) < 4.78 is 0. The van der Waals surface area contributed by atoms with Crippen LogP contribution in [-0.4, -0.2) is 0 Å². The summed E-state index contributed by atoms with van der Waals surface area (Å²) in [7, 11) is 0. The first-order chi connectivity index (χ1) is 31.6. The number of fused-ring (bicyclic) bond motifs is 11. The summed E-state index contributed by atoms with van der Waals surface area (Å²) in [4.78, 5) is 0. The minimum absolute atomic E-state index is 1.23. The Morgan fingerprint density at radius 3 is 1.44 bits per heavy atom. The number of hydrogen-bond donors (Lipinski definition) is 0. The SMILES string of the molecule is Cc1cccc(C)c1-c1ccc2c(-c3ccccc3)c3c(c(-c4ccccc4)c2c1)-c1cccc2c1c-3cc1c3ccccc3c(-c3ccc4c5c(cccc35)-c3ccccc3-4)cc21. The average molecular weight is 809 g/mol. The van der Waals surface area contributed by atoms with E-state index in [2.05, 4.69) is 220 Å². The molecule has 0 heteroatoms. The van der Waals surface area contributed by atoms with Crippen molar-refractivity contribution in [1.29, 1.82) is 0 Å². The fourth-order valence-corrected chi connectivity index (χ4v) is 12.0. The van der Waals surface area contributed by atoms with Gasteiger partial charge in [-0.25, -0.2) is 0 Å². The third kappa shape index (κ3) is 4.77. The molecule has 0 aromatic heterocycles. The Morgan fingerprint density at radius 1 is 0.203 bits per heavy atom. The van der Waals surface area contributed by atoms with E-state index in [-0.39, 0.29) is 0 Å². The summed E-state index contributed by atoms with van der Waals surface area (Å²) in [5, 5.41) is 13.0. The largest absolute Gasteiger partial charge is 0.0622 e. The number of hydrogen-bond acceptors (Lipinski definition) is 0. The maximum absolute atomic E-state index is 2.54. The van der Waals surface area contributed by atoms with Crippen molar-refractivity contribution in [2.75, 3.05) is 0 Å². The van der Waals surface area contributed by atoms with Crippen LogP contribution in [0, 0.1) is 13.8 Å². The van der Waals surface area contributed by atoms with Crippen LogP contribution in [0.15, 0.2) is 206 Å². The molecule has 0 nitrogen and oxygen atoms in total. The van der Waals surface area contributed by atoms with Crippen molar-refractivity contribution < 1.29 is 0 Å². The van der Waals surface area contributed by atoms with Gasteiger partial charge in [-0.05, 0) is 186 Å². The minimum atomic E-state index is 1.23. The van der Waals surface area contributed by atoms with Crippen molar-refractivity contribution in [3.63, 3.8) is 0 Å². The summed E-state index contributed by atoms with van der Waals surface area (Å²) in [6.07, 6.45) is 0. The predicted molar refractivity (Wildman–Crippen MR) is 274 cm³/mol. The maximum atomic E-state index is 2.54. The van der Waals surface area contributed by atoms with Gasteiger partial charge in [-0.15, -0.1) is 0 Å². The second-order valence-corrected chi connectivity index (χ2v) is 17.9. The number of rotatable bonds is 4.